The van der Waals surface area contributed by atoms with Crippen LogP contribution in [0.5, 0.6) is 0 Å². The molecule has 5 aliphatic rings. The van der Waals surface area contributed by atoms with Crippen molar-refractivity contribution in [3.05, 3.63) is 0 Å². The maximum atomic E-state index is 2.85. The lowest BCUT2D eigenvalue weighted by molar-refractivity contribution is 0.145. The highest BCUT2D eigenvalue weighted by Gasteiger charge is 2.77. The van der Waals surface area contributed by atoms with Gasteiger partial charge in [-0.15, -0.1) is 0 Å². The molecular formula is C13H19N. The maximum absolute atomic E-state index is 2.85. The van der Waals surface area contributed by atoms with E-state index in [1.807, 2.05) is 0 Å². The van der Waals surface area contributed by atoms with Crippen LogP contribution in [-0.4, -0.2) is 23.0 Å². The molecule has 0 aromatic rings. The van der Waals surface area contributed by atoms with Crippen molar-refractivity contribution in [2.75, 3.05) is 6.54 Å². The zero-order valence-electron chi connectivity index (χ0n) is 9.11. The van der Waals surface area contributed by atoms with Crippen molar-refractivity contribution in [3.8, 4) is 0 Å². The van der Waals surface area contributed by atoms with Crippen LogP contribution in [0.15, 0.2) is 0 Å². The lowest BCUT2D eigenvalue weighted by atomic mass is 9.69. The zero-order chi connectivity index (χ0) is 9.24. The molecule has 9 atom stereocenters. The molecule has 3 saturated carbocycles. The van der Waals surface area contributed by atoms with Crippen molar-refractivity contribution in [1.82, 2.24) is 4.90 Å². The largest absolute Gasteiger partial charge is 0.291 e. The summed E-state index contributed by atoms with van der Waals surface area (Å²) in [4.78, 5) is 2.85. The van der Waals surface area contributed by atoms with Gasteiger partial charge in [0.15, 0.2) is 0 Å². The van der Waals surface area contributed by atoms with E-state index in [0.29, 0.717) is 5.54 Å². The molecule has 0 spiro atoms. The second kappa shape index (κ2) is 1.71. The molecule has 1 nitrogen and oxygen atoms in total. The van der Waals surface area contributed by atoms with E-state index in [1.165, 1.54) is 18.4 Å². The Morgan fingerprint density at radius 1 is 1.14 bits per heavy atom. The lowest BCUT2D eigenvalue weighted by Crippen LogP contribution is -2.35. The Balaban J connectivity index is 1.72. The van der Waals surface area contributed by atoms with Gasteiger partial charge in [-0.1, -0.05) is 6.92 Å². The van der Waals surface area contributed by atoms with Crippen molar-refractivity contribution >= 4 is 0 Å². The quantitative estimate of drug-likeness (QED) is 0.527. The Labute approximate surface area is 85.8 Å². The Morgan fingerprint density at radius 3 is 2.86 bits per heavy atom. The topological polar surface area (TPSA) is 3.01 Å². The van der Waals surface area contributed by atoms with Crippen LogP contribution in [0.1, 0.15) is 26.7 Å². The highest BCUT2D eigenvalue weighted by molar-refractivity contribution is 5.30. The third-order valence-corrected chi connectivity index (χ3v) is 6.72. The van der Waals surface area contributed by atoms with Crippen LogP contribution in [0.2, 0.25) is 0 Å². The standard InChI is InChI=1S/C13H19N/c1-6-7-4-10-11(6)12(9-3-8(7)9)13(2)5-14(10)13/h6-12H,3-5H2,1-2H3/t6-,7?,8+,9?,10+,11-,12-,13+,14?/m1/s1. The van der Waals surface area contributed by atoms with Crippen LogP contribution in [0, 0.1) is 35.5 Å². The minimum absolute atomic E-state index is 0.689. The van der Waals surface area contributed by atoms with E-state index >= 15 is 0 Å². The van der Waals surface area contributed by atoms with Crippen LogP contribution in [0.25, 0.3) is 0 Å². The van der Waals surface area contributed by atoms with Gasteiger partial charge in [-0.05, 0) is 55.3 Å². The predicted octanol–water partition coefficient (Wildman–Crippen LogP) is 1.98. The summed E-state index contributed by atoms with van der Waals surface area (Å²) < 4.78 is 0. The molecule has 2 saturated heterocycles. The van der Waals surface area contributed by atoms with Gasteiger partial charge in [-0.25, -0.2) is 0 Å². The lowest BCUT2D eigenvalue weighted by Gasteiger charge is -2.34. The number of nitrogens with zero attached hydrogens (tertiary/aromatic N) is 1. The molecule has 2 bridgehead atoms. The third kappa shape index (κ3) is 0.512. The van der Waals surface area contributed by atoms with E-state index in [4.69, 9.17) is 0 Å². The first-order valence-electron chi connectivity index (χ1n) is 6.48. The Kier molecular flexibility index (Phi) is 0.886. The molecule has 2 heterocycles. The number of piperidine rings is 1. The molecule has 14 heavy (non-hydrogen) atoms. The van der Waals surface area contributed by atoms with Crippen molar-refractivity contribution in [3.63, 3.8) is 0 Å². The number of rotatable bonds is 0. The number of fused-ring (bicyclic) bond motifs is 7. The molecule has 3 unspecified atom stereocenters. The molecule has 0 aromatic heterocycles. The van der Waals surface area contributed by atoms with E-state index in [-0.39, 0.29) is 0 Å². The van der Waals surface area contributed by atoms with E-state index in [9.17, 15) is 0 Å². The fourth-order valence-corrected chi connectivity index (χ4v) is 6.16. The van der Waals surface area contributed by atoms with Gasteiger partial charge in [-0.2, -0.15) is 0 Å². The Morgan fingerprint density at radius 2 is 2.00 bits per heavy atom. The summed E-state index contributed by atoms with van der Waals surface area (Å²) >= 11 is 0. The molecule has 3 aliphatic carbocycles. The molecule has 5 fully saturated rings. The van der Waals surface area contributed by atoms with Crippen LogP contribution < -0.4 is 0 Å². The fourth-order valence-electron chi connectivity index (χ4n) is 6.16. The van der Waals surface area contributed by atoms with Gasteiger partial charge < -0.3 is 0 Å². The SMILES string of the molecule is C[C@@H]1C2C[C@H]3[C@@H]1[C@@H](C1C[C@@H]21)[C@]1(C)CN31. The molecule has 0 amide bonds. The van der Waals surface area contributed by atoms with E-state index in [1.54, 1.807) is 12.8 Å². The number of hydrogen-bond donors (Lipinski definition) is 0. The monoisotopic (exact) mass is 189 g/mol. The summed E-state index contributed by atoms with van der Waals surface area (Å²) in [6.07, 6.45) is 3.17. The van der Waals surface area contributed by atoms with Gasteiger partial charge in [0.05, 0.1) is 0 Å². The zero-order valence-corrected chi connectivity index (χ0v) is 9.11. The Hall–Kier alpha value is -0.0400. The van der Waals surface area contributed by atoms with Gasteiger partial charge in [0.25, 0.3) is 0 Å². The first-order valence-corrected chi connectivity index (χ1v) is 6.48. The maximum Gasteiger partial charge on any atom is 0.0346 e. The second-order valence-electron chi connectivity index (χ2n) is 6.98. The summed E-state index contributed by atoms with van der Waals surface area (Å²) in [5.41, 5.74) is 0.689. The van der Waals surface area contributed by atoms with Gasteiger partial charge in [0.1, 0.15) is 0 Å². The van der Waals surface area contributed by atoms with Gasteiger partial charge in [0.2, 0.25) is 0 Å². The van der Waals surface area contributed by atoms with Crippen molar-refractivity contribution in [2.45, 2.75) is 38.3 Å². The van der Waals surface area contributed by atoms with Crippen molar-refractivity contribution < 1.29 is 0 Å². The summed E-state index contributed by atoms with van der Waals surface area (Å²) in [7, 11) is 0. The summed E-state index contributed by atoms with van der Waals surface area (Å²) in [5, 5.41) is 0. The summed E-state index contributed by atoms with van der Waals surface area (Å²) in [6.45, 7) is 6.56. The highest BCUT2D eigenvalue weighted by atomic mass is 15.4. The van der Waals surface area contributed by atoms with E-state index in [0.717, 1.165) is 29.7 Å². The van der Waals surface area contributed by atoms with Crippen molar-refractivity contribution in [1.29, 1.82) is 0 Å². The molecular weight excluding hydrogens is 170 g/mol. The first kappa shape index (κ1) is 7.27. The first-order chi connectivity index (χ1) is 6.72. The normalized spacial score (nSPS) is 81.0. The van der Waals surface area contributed by atoms with Crippen LogP contribution in [0.4, 0.5) is 0 Å². The van der Waals surface area contributed by atoms with Gasteiger partial charge in [-0.3, -0.25) is 4.90 Å². The third-order valence-electron chi connectivity index (χ3n) is 6.72. The molecule has 76 valence electrons. The second-order valence-corrected chi connectivity index (χ2v) is 6.98. The average Bonchev–Trinajstić information content (AvgIpc) is 2.97. The fraction of sp³-hybridized carbons (Fsp3) is 1.00. The summed E-state index contributed by atoms with van der Waals surface area (Å²) in [6, 6.07) is 1.03. The predicted molar refractivity (Wildman–Crippen MR) is 54.7 cm³/mol. The Bertz CT molecular complexity index is 338. The van der Waals surface area contributed by atoms with Crippen molar-refractivity contribution in [2.24, 2.45) is 35.5 Å². The molecule has 0 aromatic carbocycles. The van der Waals surface area contributed by atoms with Gasteiger partial charge >= 0.3 is 0 Å². The smallest absolute Gasteiger partial charge is 0.0346 e. The van der Waals surface area contributed by atoms with Gasteiger partial charge in [0, 0.05) is 18.1 Å². The van der Waals surface area contributed by atoms with E-state index < -0.39 is 0 Å². The molecule has 1 heteroatoms. The van der Waals surface area contributed by atoms with E-state index in [2.05, 4.69) is 18.7 Å². The minimum atomic E-state index is 0.689. The molecule has 0 radical (unpaired) electrons. The number of hydrogen-bond acceptors (Lipinski definition) is 1. The summed E-state index contributed by atoms with van der Waals surface area (Å²) in [5.74, 6) is 6.78. The van der Waals surface area contributed by atoms with Crippen LogP contribution in [0.3, 0.4) is 0 Å². The minimum Gasteiger partial charge on any atom is -0.291 e. The highest BCUT2D eigenvalue weighted by Crippen LogP contribution is 2.75. The molecule has 2 aliphatic heterocycles. The molecule has 5 rings (SSSR count). The van der Waals surface area contributed by atoms with Crippen LogP contribution in [-0.2, 0) is 0 Å². The molecule has 0 N–H and O–H groups in total. The van der Waals surface area contributed by atoms with Crippen LogP contribution >= 0.6 is 0 Å². The average molecular weight is 189 g/mol.